The molecule has 6 nitrogen and oxygen atoms in total. The summed E-state index contributed by atoms with van der Waals surface area (Å²) >= 11 is 13.9. The Kier molecular flexibility index (Phi) is 19.1. The van der Waals surface area contributed by atoms with Crippen molar-refractivity contribution in [2.24, 2.45) is 10.2 Å². The van der Waals surface area contributed by atoms with E-state index in [1.165, 1.54) is 23.5 Å². The summed E-state index contributed by atoms with van der Waals surface area (Å²) in [6.45, 7) is 4.02. The van der Waals surface area contributed by atoms with Crippen molar-refractivity contribution >= 4 is 89.2 Å². The molecule has 0 radical (unpaired) electrons. The van der Waals surface area contributed by atoms with E-state index in [1.54, 1.807) is 22.4 Å². The minimum absolute atomic E-state index is 0.749. The Morgan fingerprint density at radius 1 is 0.848 bits per heavy atom. The van der Waals surface area contributed by atoms with Crippen LogP contribution in [0.3, 0.4) is 0 Å². The number of aromatic nitrogens is 2. The Morgan fingerprint density at radius 2 is 1.18 bits per heavy atom. The van der Waals surface area contributed by atoms with Crippen LogP contribution in [0, 0.1) is 13.8 Å². The zero-order chi connectivity index (χ0) is 25.2. The normalized spacial score (nSPS) is 10.3. The Hall–Kier alpha value is -0.781. The Balaban J connectivity index is 0.000000555. The van der Waals surface area contributed by atoms with E-state index in [4.69, 9.17) is 24.4 Å². The first-order valence-electron chi connectivity index (χ1n) is 9.18. The van der Waals surface area contributed by atoms with Crippen LogP contribution in [0.1, 0.15) is 22.8 Å². The number of H-pyrrole nitrogens is 2. The van der Waals surface area contributed by atoms with E-state index in [-0.39, 0.29) is 0 Å². The molecule has 2 heterocycles. The molecule has 0 aliphatic heterocycles. The van der Waals surface area contributed by atoms with Gasteiger partial charge < -0.3 is 0 Å². The number of hydrazone groups is 2. The van der Waals surface area contributed by atoms with Crippen molar-refractivity contribution < 1.29 is 23.1 Å². The molecule has 0 aliphatic rings. The molecule has 2 rings (SSSR count). The van der Waals surface area contributed by atoms with Gasteiger partial charge in [0.25, 0.3) is 0 Å². The van der Waals surface area contributed by atoms with Crippen LogP contribution in [-0.4, -0.2) is 57.7 Å². The molecule has 2 aromatic rings. The molecule has 0 atom stereocenters. The second-order valence-electron chi connectivity index (χ2n) is 6.10. The second-order valence-corrected chi connectivity index (χ2v) is 10.5. The Bertz CT molecular complexity index is 859. The molecule has 0 saturated heterocycles. The molecule has 0 fully saturated rings. The maximum atomic E-state index is 5.08. The van der Waals surface area contributed by atoms with Crippen LogP contribution in [0.2, 0.25) is 0 Å². The number of rotatable bonds is 4. The number of aromatic amines is 2. The summed E-state index contributed by atoms with van der Waals surface area (Å²) in [4.78, 5) is 6.39. The van der Waals surface area contributed by atoms with E-state index in [0.717, 1.165) is 44.6 Å². The first-order chi connectivity index (χ1) is 15.7. The quantitative estimate of drug-likeness (QED) is 0.213. The van der Waals surface area contributed by atoms with Crippen molar-refractivity contribution in [2.45, 2.75) is 13.8 Å². The summed E-state index contributed by atoms with van der Waals surface area (Å²) in [5, 5.41) is 11.8. The first kappa shape index (κ1) is 32.2. The summed E-state index contributed by atoms with van der Waals surface area (Å²) in [7, 11) is 13.0. The fourth-order valence-corrected chi connectivity index (χ4v) is 2.74. The van der Waals surface area contributed by atoms with Crippen LogP contribution in [0.25, 0.3) is 0 Å². The van der Waals surface area contributed by atoms with Gasteiger partial charge in [-0.25, -0.2) is 9.97 Å². The Labute approximate surface area is 230 Å². The van der Waals surface area contributed by atoms with Gasteiger partial charge in [0.15, 0.2) is 20.0 Å². The van der Waals surface area contributed by atoms with Gasteiger partial charge in [-0.3, -0.25) is 10.0 Å². The zero-order valence-corrected chi connectivity index (χ0v) is 24.8. The molecule has 2 N–H and O–H groups in total. The van der Waals surface area contributed by atoms with Crippen molar-refractivity contribution in [3.63, 3.8) is 0 Å². The van der Waals surface area contributed by atoms with Crippen LogP contribution < -0.4 is 9.97 Å². The summed E-state index contributed by atoms with van der Waals surface area (Å²) in [5.41, 5.74) is 4.14. The van der Waals surface area contributed by atoms with Gasteiger partial charge in [0.1, 0.15) is 12.4 Å². The van der Waals surface area contributed by atoms with Gasteiger partial charge >= 0.3 is 33.3 Å². The monoisotopic (exact) mass is 613 g/mol. The van der Waals surface area contributed by atoms with E-state index >= 15 is 0 Å². The predicted octanol–water partition coefficient (Wildman–Crippen LogP) is 4.82. The van der Waals surface area contributed by atoms with Crippen molar-refractivity contribution in [1.82, 2.24) is 10.0 Å². The van der Waals surface area contributed by atoms with Crippen LogP contribution in [0.15, 0.2) is 46.6 Å². The number of thioether (sulfide) groups is 2. The number of hydrogen-bond acceptors (Lipinski definition) is 6. The van der Waals surface area contributed by atoms with Crippen molar-refractivity contribution in [3.8, 4) is 0 Å². The molecule has 0 amide bonds. The number of pyridine rings is 2. The summed E-state index contributed by atoms with van der Waals surface area (Å²) < 4.78 is 1.50. The standard InChI is InChI=1S/2C10H13N3S2.2ClH.Cu/c2*1-8-5-4-6-9(12-8)7-11-13(2)10(14)15-3;;;/h2*4-7H,1-3H3;2*1H;/q;;;;+2. The number of hydrogen-bond donors (Lipinski definition) is 0. The van der Waals surface area contributed by atoms with Gasteiger partial charge in [0.05, 0.1) is 0 Å². The molecular weight excluding hydrogens is 587 g/mol. The molecule has 0 spiro atoms. The third-order valence-corrected chi connectivity index (χ3v) is 6.30. The van der Waals surface area contributed by atoms with E-state index in [0.29, 0.717) is 0 Å². The predicted molar refractivity (Wildman–Crippen MR) is 150 cm³/mol. The molecule has 0 saturated carbocycles. The van der Waals surface area contributed by atoms with Crippen LogP contribution >= 0.6 is 68.2 Å². The van der Waals surface area contributed by atoms with Crippen LogP contribution in [0.5, 0.6) is 0 Å². The van der Waals surface area contributed by atoms with Gasteiger partial charge in [-0.2, -0.15) is 10.2 Å². The third-order valence-electron chi connectivity index (χ3n) is 3.54. The summed E-state index contributed by atoms with van der Waals surface area (Å²) in [6.07, 6.45) is 7.39. The fourth-order valence-electron chi connectivity index (χ4n) is 2.02. The summed E-state index contributed by atoms with van der Waals surface area (Å²) in [5.74, 6) is 0. The molecule has 2 aromatic heterocycles. The van der Waals surface area contributed by atoms with E-state index < -0.39 is 0 Å². The van der Waals surface area contributed by atoms with Gasteiger partial charge in [0, 0.05) is 52.2 Å². The molecule has 0 aromatic carbocycles. The maximum absolute atomic E-state index is 5.08. The van der Waals surface area contributed by atoms with Crippen LogP contribution in [-0.2, 0) is 13.1 Å². The molecule has 0 bridgehead atoms. The summed E-state index contributed by atoms with van der Waals surface area (Å²) in [6, 6.07) is 11.9. The molecule has 13 heteroatoms. The number of thiocarbonyl (C=S) groups is 2. The fraction of sp³-hybridized carbons (Fsp3) is 0.300. The van der Waals surface area contributed by atoms with Gasteiger partial charge in [-0.1, -0.05) is 48.0 Å². The molecule has 33 heavy (non-hydrogen) atoms. The molecule has 0 unspecified atom stereocenters. The van der Waals surface area contributed by atoms with Crippen LogP contribution in [0.4, 0.5) is 0 Å². The van der Waals surface area contributed by atoms with Gasteiger partial charge in [0.2, 0.25) is 11.4 Å². The zero-order valence-electron chi connectivity index (χ0n) is 19.1. The average Bonchev–Trinajstić information content (AvgIpc) is 2.81. The van der Waals surface area contributed by atoms with E-state index in [2.05, 4.69) is 40.4 Å². The topological polar surface area (TPSA) is 59.5 Å². The SMILES string of the molecule is CSC(=S)N(C)N=Cc1cccc(C)[nH+]1.CSC(=S)N(C)N=Cc1cccc(C)[nH+]1.[Cl][Cu][Cl]. The average molecular weight is 615 g/mol. The number of halogens is 2. The number of aryl methyl sites for hydroxylation is 2. The minimum atomic E-state index is 0.749. The number of nitrogens with one attached hydrogen (secondary N) is 2. The first-order valence-corrected chi connectivity index (χ1v) is 15.0. The molecule has 185 valence electrons. The third kappa shape index (κ3) is 15.7. The van der Waals surface area contributed by atoms with E-state index in [9.17, 15) is 0 Å². The van der Waals surface area contributed by atoms with Crippen molar-refractivity contribution in [1.29, 1.82) is 0 Å². The van der Waals surface area contributed by atoms with Crippen molar-refractivity contribution in [3.05, 3.63) is 59.2 Å². The number of nitrogens with zero attached hydrogens (tertiary/aromatic N) is 4. The van der Waals surface area contributed by atoms with E-state index in [1.807, 2.05) is 76.9 Å². The Morgan fingerprint density at radius 3 is 1.45 bits per heavy atom. The van der Waals surface area contributed by atoms with Crippen molar-refractivity contribution in [2.75, 3.05) is 26.6 Å². The van der Waals surface area contributed by atoms with Gasteiger partial charge in [-0.15, -0.1) is 0 Å². The molecular formula is C20H28Cl2CuN6S4+2. The second kappa shape index (κ2) is 19.5. The van der Waals surface area contributed by atoms with Gasteiger partial charge in [-0.05, 0) is 24.6 Å². The molecule has 0 aliphatic carbocycles.